The number of hydrogen-bond donors (Lipinski definition) is 5. The van der Waals surface area contributed by atoms with Crippen LogP contribution in [0.2, 0.25) is 0 Å². The Hall–Kier alpha value is -3.48. The first-order valence-electron chi connectivity index (χ1n) is 6.44. The van der Waals surface area contributed by atoms with Crippen molar-refractivity contribution in [2.45, 2.75) is 0 Å². The van der Waals surface area contributed by atoms with Crippen molar-refractivity contribution >= 4 is 23.6 Å². The Kier molecular flexibility index (Phi) is 4.51. The van der Waals surface area contributed by atoms with E-state index in [1.807, 2.05) is 0 Å². The van der Waals surface area contributed by atoms with E-state index in [2.05, 4.69) is 5.32 Å². The highest BCUT2D eigenvalue weighted by Gasteiger charge is 2.17. The molecule has 2 aromatic carbocycles. The summed E-state index contributed by atoms with van der Waals surface area (Å²) in [5, 5.41) is 39.5. The third-order valence-corrected chi connectivity index (χ3v) is 2.90. The maximum Gasteiger partial charge on any atom is 0.338 e. The summed E-state index contributed by atoms with van der Waals surface area (Å²) >= 11 is 0. The van der Waals surface area contributed by atoms with Gasteiger partial charge in [-0.2, -0.15) is 0 Å². The van der Waals surface area contributed by atoms with Gasteiger partial charge >= 0.3 is 5.97 Å². The zero-order valence-corrected chi connectivity index (χ0v) is 11.7. The Bertz CT molecular complexity index is 780. The molecule has 0 bridgehead atoms. The molecule has 0 atom stereocenters. The zero-order valence-electron chi connectivity index (χ0n) is 11.7. The van der Waals surface area contributed by atoms with Gasteiger partial charge in [-0.1, -0.05) is 12.1 Å². The predicted molar refractivity (Wildman–Crippen MR) is 82.5 cm³/mol. The number of aromatic hydroxyl groups is 3. The first kappa shape index (κ1) is 15.9. The Morgan fingerprint density at radius 1 is 0.957 bits per heavy atom. The summed E-state index contributed by atoms with van der Waals surface area (Å²) in [6.45, 7) is 0. The molecule has 0 fully saturated rings. The third kappa shape index (κ3) is 4.01. The molecule has 0 unspecified atom stereocenters. The molecule has 0 aromatic heterocycles. The topological polar surface area (TPSA) is 127 Å². The molecule has 7 nitrogen and oxygen atoms in total. The van der Waals surface area contributed by atoms with Crippen molar-refractivity contribution in [3.05, 3.63) is 53.6 Å². The monoisotopic (exact) mass is 315 g/mol. The van der Waals surface area contributed by atoms with E-state index in [1.165, 1.54) is 18.2 Å². The number of carbonyl (C=O) groups is 2. The minimum atomic E-state index is -1.41. The first-order valence-corrected chi connectivity index (χ1v) is 6.44. The van der Waals surface area contributed by atoms with E-state index in [0.717, 1.165) is 18.2 Å². The van der Waals surface area contributed by atoms with E-state index < -0.39 is 28.9 Å². The van der Waals surface area contributed by atoms with E-state index in [-0.39, 0.29) is 11.4 Å². The van der Waals surface area contributed by atoms with E-state index in [9.17, 15) is 19.8 Å². The molecule has 0 radical (unpaired) electrons. The van der Waals surface area contributed by atoms with E-state index in [1.54, 1.807) is 12.1 Å². The van der Waals surface area contributed by atoms with E-state index >= 15 is 0 Å². The van der Waals surface area contributed by atoms with Crippen molar-refractivity contribution in [2.75, 3.05) is 5.32 Å². The molecule has 0 aliphatic carbocycles. The number of hydrogen-bond acceptors (Lipinski definition) is 5. The van der Waals surface area contributed by atoms with Gasteiger partial charge in [-0.15, -0.1) is 0 Å². The van der Waals surface area contributed by atoms with Gasteiger partial charge in [0.05, 0.1) is 11.3 Å². The lowest BCUT2D eigenvalue weighted by molar-refractivity contribution is -0.111. The molecule has 1 amide bonds. The van der Waals surface area contributed by atoms with Crippen LogP contribution in [0, 0.1) is 0 Å². The quantitative estimate of drug-likeness (QED) is 0.334. The third-order valence-electron chi connectivity index (χ3n) is 2.90. The summed E-state index contributed by atoms with van der Waals surface area (Å²) in [5.41, 5.74) is -0.101. The Labute approximate surface area is 130 Å². The summed E-state index contributed by atoms with van der Waals surface area (Å²) in [6, 6.07) is 7.91. The maximum atomic E-state index is 11.9. The summed E-state index contributed by atoms with van der Waals surface area (Å²) in [4.78, 5) is 23.0. The fraction of sp³-hybridized carbons (Fsp3) is 0. The molecule has 2 rings (SSSR count). The van der Waals surface area contributed by atoms with Crippen LogP contribution in [0.15, 0.2) is 42.5 Å². The maximum absolute atomic E-state index is 11.9. The van der Waals surface area contributed by atoms with Crippen LogP contribution in [0.1, 0.15) is 15.9 Å². The van der Waals surface area contributed by atoms with Gasteiger partial charge in [0.1, 0.15) is 17.2 Å². The molecule has 0 spiro atoms. The van der Waals surface area contributed by atoms with Crippen molar-refractivity contribution in [1.82, 2.24) is 0 Å². The van der Waals surface area contributed by atoms with Gasteiger partial charge in [0.2, 0.25) is 5.91 Å². The smallest absolute Gasteiger partial charge is 0.338 e. The van der Waals surface area contributed by atoms with E-state index in [4.69, 9.17) is 10.2 Å². The fourth-order valence-corrected chi connectivity index (χ4v) is 1.83. The number of aromatic carboxylic acids is 1. The minimum Gasteiger partial charge on any atom is -0.508 e. The molecule has 118 valence electrons. The average Bonchev–Trinajstić information content (AvgIpc) is 2.49. The number of carbonyl (C=O) groups excluding carboxylic acids is 1. The molecular weight excluding hydrogens is 302 g/mol. The lowest BCUT2D eigenvalue weighted by Gasteiger charge is -2.09. The Morgan fingerprint density at radius 3 is 2.22 bits per heavy atom. The Morgan fingerprint density at radius 2 is 1.61 bits per heavy atom. The lowest BCUT2D eigenvalue weighted by Crippen LogP contribution is -2.12. The normalized spacial score (nSPS) is 10.6. The lowest BCUT2D eigenvalue weighted by atomic mass is 10.1. The van der Waals surface area contributed by atoms with E-state index in [0.29, 0.717) is 5.56 Å². The van der Waals surface area contributed by atoms with Crippen LogP contribution >= 0.6 is 0 Å². The Balaban J connectivity index is 2.20. The number of rotatable bonds is 4. The molecule has 23 heavy (non-hydrogen) atoms. The number of anilines is 1. The highest BCUT2D eigenvalue weighted by atomic mass is 16.4. The molecule has 0 saturated heterocycles. The summed E-state index contributed by atoms with van der Waals surface area (Å²) in [6.07, 6.45) is 2.59. The summed E-state index contributed by atoms with van der Waals surface area (Å²) < 4.78 is 0. The molecule has 0 aliphatic heterocycles. The van der Waals surface area contributed by atoms with Crippen molar-refractivity contribution in [1.29, 1.82) is 0 Å². The van der Waals surface area contributed by atoms with Crippen molar-refractivity contribution in [3.63, 3.8) is 0 Å². The van der Waals surface area contributed by atoms with Crippen LogP contribution in [0.5, 0.6) is 17.2 Å². The fourth-order valence-electron chi connectivity index (χ4n) is 1.83. The van der Waals surface area contributed by atoms with Crippen LogP contribution in [0.4, 0.5) is 5.69 Å². The molecule has 0 saturated carbocycles. The number of amides is 1. The number of benzene rings is 2. The number of phenols is 3. The second-order valence-electron chi connectivity index (χ2n) is 4.61. The number of carboxylic acid groups (broad SMARTS) is 1. The largest absolute Gasteiger partial charge is 0.508 e. The first-order chi connectivity index (χ1) is 10.9. The van der Waals surface area contributed by atoms with Gasteiger partial charge in [-0.3, -0.25) is 4.79 Å². The van der Waals surface area contributed by atoms with Crippen LogP contribution in [0.3, 0.4) is 0 Å². The molecule has 0 heterocycles. The van der Waals surface area contributed by atoms with Crippen LogP contribution in [-0.2, 0) is 4.79 Å². The van der Waals surface area contributed by atoms with Gasteiger partial charge in [0, 0.05) is 12.1 Å². The molecule has 0 aliphatic rings. The number of carboxylic acids is 1. The van der Waals surface area contributed by atoms with Crippen LogP contribution in [-0.4, -0.2) is 32.3 Å². The minimum absolute atomic E-state index is 0.0896. The second kappa shape index (κ2) is 6.52. The average molecular weight is 315 g/mol. The van der Waals surface area contributed by atoms with Gasteiger partial charge in [-0.05, 0) is 29.8 Å². The molecule has 5 N–H and O–H groups in total. The van der Waals surface area contributed by atoms with Gasteiger partial charge in [-0.25, -0.2) is 4.79 Å². The number of phenolic OH excluding ortho intramolecular Hbond substituents is 3. The predicted octanol–water partition coefficient (Wildman–Crippen LogP) is 2.15. The second-order valence-corrected chi connectivity index (χ2v) is 4.61. The SMILES string of the molecule is O=C(/C=C/c1ccc(O)cc1)Nc1c(O)cc(O)cc1C(=O)O. The molecule has 2 aromatic rings. The molecule has 7 heteroatoms. The van der Waals surface area contributed by atoms with Gasteiger partial charge in [0.25, 0.3) is 0 Å². The zero-order chi connectivity index (χ0) is 17.0. The van der Waals surface area contributed by atoms with Crippen LogP contribution in [0.25, 0.3) is 6.08 Å². The van der Waals surface area contributed by atoms with Crippen molar-refractivity contribution < 1.29 is 30.0 Å². The van der Waals surface area contributed by atoms with Crippen molar-refractivity contribution in [3.8, 4) is 17.2 Å². The number of nitrogens with one attached hydrogen (secondary N) is 1. The highest BCUT2D eigenvalue weighted by Crippen LogP contribution is 2.32. The van der Waals surface area contributed by atoms with Crippen LogP contribution < -0.4 is 5.32 Å². The summed E-state index contributed by atoms with van der Waals surface area (Å²) in [5.74, 6) is -2.98. The van der Waals surface area contributed by atoms with Gasteiger partial charge in [0.15, 0.2) is 0 Å². The van der Waals surface area contributed by atoms with Gasteiger partial charge < -0.3 is 25.7 Å². The standard InChI is InChI=1S/C16H13NO6/c18-10-4-1-9(2-5-10)3-6-14(21)17-15-12(16(22)23)7-11(19)8-13(15)20/h1-8,18-20H,(H,17,21)(H,22,23)/b6-3+. The highest BCUT2D eigenvalue weighted by molar-refractivity contribution is 6.07. The summed E-state index contributed by atoms with van der Waals surface area (Å²) in [7, 11) is 0. The van der Waals surface area contributed by atoms with Crippen molar-refractivity contribution in [2.24, 2.45) is 0 Å². The molecular formula is C16H13NO6.